The number of aliphatic hydroxyl groups excluding tert-OH is 1. The van der Waals surface area contributed by atoms with E-state index in [0.29, 0.717) is 36.1 Å². The van der Waals surface area contributed by atoms with E-state index in [-0.39, 0.29) is 6.04 Å². The smallest absolute Gasteiger partial charge is 0.198 e. The van der Waals surface area contributed by atoms with Gasteiger partial charge >= 0.3 is 0 Å². The number of pyridine rings is 1. The lowest BCUT2D eigenvalue weighted by atomic mass is 10.1. The van der Waals surface area contributed by atoms with Crippen LogP contribution in [0.2, 0.25) is 5.02 Å². The van der Waals surface area contributed by atoms with Crippen LogP contribution in [0, 0.1) is 0 Å². The van der Waals surface area contributed by atoms with Gasteiger partial charge in [0.2, 0.25) is 0 Å². The zero-order valence-electron chi connectivity index (χ0n) is 16.0. The molecule has 0 spiro atoms. The number of benzene rings is 1. The molecule has 2 aliphatic rings. The molecule has 1 fully saturated rings. The van der Waals surface area contributed by atoms with Crippen LogP contribution in [0.15, 0.2) is 41.1 Å². The van der Waals surface area contributed by atoms with Gasteiger partial charge in [-0.2, -0.15) is 0 Å². The molecular weight excluding hydrogens is 394 g/mol. The highest BCUT2D eigenvalue weighted by molar-refractivity contribution is 6.30. The Morgan fingerprint density at radius 3 is 2.86 bits per heavy atom. The standard InChI is InChI=1S/C20H22ClN5O3/c1-13-12-28-17-11-14(21)4-5-15(17)26(13)20(27)25-9-7-24(8-10-25)19-18-16(29-23-19)3-2-6-22-18/h2-6,11,13,20,27H,7-10,12H2,1H3. The number of halogens is 1. The summed E-state index contributed by atoms with van der Waals surface area (Å²) in [6, 6.07) is 9.26. The van der Waals surface area contributed by atoms with Crippen molar-refractivity contribution in [3.63, 3.8) is 0 Å². The molecule has 1 saturated heterocycles. The zero-order chi connectivity index (χ0) is 20.0. The number of anilines is 2. The van der Waals surface area contributed by atoms with E-state index in [1.807, 2.05) is 36.1 Å². The summed E-state index contributed by atoms with van der Waals surface area (Å²) in [7, 11) is 0. The van der Waals surface area contributed by atoms with Crippen LogP contribution in [0.3, 0.4) is 0 Å². The van der Waals surface area contributed by atoms with Crippen LogP contribution in [0.5, 0.6) is 5.75 Å². The van der Waals surface area contributed by atoms with Crippen molar-refractivity contribution >= 4 is 34.2 Å². The molecule has 0 amide bonds. The third-order valence-corrected chi connectivity index (χ3v) is 5.79. The molecule has 2 aliphatic heterocycles. The summed E-state index contributed by atoms with van der Waals surface area (Å²) in [5.41, 5.74) is 2.31. The molecule has 3 aromatic rings. The Balaban J connectivity index is 1.32. The number of aliphatic hydroxyl groups is 1. The monoisotopic (exact) mass is 415 g/mol. The average Bonchev–Trinajstić information content (AvgIpc) is 3.18. The number of fused-ring (bicyclic) bond motifs is 2. The minimum absolute atomic E-state index is 0.0420. The lowest BCUT2D eigenvalue weighted by molar-refractivity contribution is -0.0123. The van der Waals surface area contributed by atoms with Gasteiger partial charge in [0.25, 0.3) is 0 Å². The fourth-order valence-electron chi connectivity index (χ4n) is 4.01. The topological polar surface area (TPSA) is 78.1 Å². The summed E-state index contributed by atoms with van der Waals surface area (Å²) in [5, 5.41) is 16.0. The normalized spacial score (nSPS) is 21.1. The molecule has 2 atom stereocenters. The molecule has 152 valence electrons. The first kappa shape index (κ1) is 18.5. The summed E-state index contributed by atoms with van der Waals surface area (Å²) in [4.78, 5) is 10.6. The molecule has 5 rings (SSSR count). The van der Waals surface area contributed by atoms with Crippen LogP contribution in [-0.4, -0.2) is 65.3 Å². The van der Waals surface area contributed by atoms with Crippen molar-refractivity contribution in [2.45, 2.75) is 19.3 Å². The van der Waals surface area contributed by atoms with Gasteiger partial charge in [0.15, 0.2) is 23.3 Å². The molecule has 29 heavy (non-hydrogen) atoms. The van der Waals surface area contributed by atoms with E-state index >= 15 is 0 Å². The van der Waals surface area contributed by atoms with Crippen LogP contribution < -0.4 is 14.5 Å². The largest absolute Gasteiger partial charge is 0.489 e. The second kappa shape index (κ2) is 7.37. The molecule has 2 aromatic heterocycles. The number of ether oxygens (including phenoxy) is 1. The van der Waals surface area contributed by atoms with Gasteiger partial charge in [-0.3, -0.25) is 4.90 Å². The fraction of sp³-hybridized carbons (Fsp3) is 0.400. The molecule has 0 saturated carbocycles. The van der Waals surface area contributed by atoms with Crippen molar-refractivity contribution < 1.29 is 14.4 Å². The number of hydrogen-bond donors (Lipinski definition) is 1. The Bertz CT molecular complexity index is 1020. The third kappa shape index (κ3) is 3.27. The van der Waals surface area contributed by atoms with Gasteiger partial charge in [0.05, 0.1) is 11.7 Å². The number of nitrogens with zero attached hydrogens (tertiary/aromatic N) is 5. The van der Waals surface area contributed by atoms with Crippen molar-refractivity contribution in [1.29, 1.82) is 0 Å². The molecule has 0 aliphatic carbocycles. The Kier molecular flexibility index (Phi) is 4.69. The number of aromatic nitrogens is 2. The first-order valence-corrected chi connectivity index (χ1v) is 10.1. The van der Waals surface area contributed by atoms with Crippen LogP contribution in [-0.2, 0) is 0 Å². The third-order valence-electron chi connectivity index (χ3n) is 5.56. The summed E-state index contributed by atoms with van der Waals surface area (Å²) < 4.78 is 11.2. The van der Waals surface area contributed by atoms with E-state index < -0.39 is 6.35 Å². The maximum absolute atomic E-state index is 11.2. The van der Waals surface area contributed by atoms with Gasteiger partial charge in [-0.05, 0) is 31.2 Å². The molecule has 2 unspecified atom stereocenters. The molecule has 9 heteroatoms. The number of hydrogen-bond acceptors (Lipinski definition) is 8. The van der Waals surface area contributed by atoms with Gasteiger partial charge in [-0.25, -0.2) is 4.98 Å². The maximum atomic E-state index is 11.2. The first-order chi connectivity index (χ1) is 14.1. The van der Waals surface area contributed by atoms with Crippen LogP contribution in [0.4, 0.5) is 11.5 Å². The Morgan fingerprint density at radius 1 is 1.21 bits per heavy atom. The highest BCUT2D eigenvalue weighted by atomic mass is 35.5. The van der Waals surface area contributed by atoms with Gasteiger partial charge < -0.3 is 24.2 Å². The lowest BCUT2D eigenvalue weighted by Gasteiger charge is -2.46. The van der Waals surface area contributed by atoms with Crippen molar-refractivity contribution in [3.8, 4) is 5.75 Å². The number of piperazine rings is 1. The summed E-state index contributed by atoms with van der Waals surface area (Å²) >= 11 is 6.10. The van der Waals surface area contributed by atoms with Gasteiger partial charge in [-0.15, -0.1) is 0 Å². The van der Waals surface area contributed by atoms with E-state index in [1.54, 1.807) is 12.3 Å². The molecule has 8 nitrogen and oxygen atoms in total. The highest BCUT2D eigenvalue weighted by Crippen LogP contribution is 2.37. The Morgan fingerprint density at radius 2 is 2.03 bits per heavy atom. The van der Waals surface area contributed by atoms with E-state index in [2.05, 4.69) is 19.9 Å². The Hall–Kier alpha value is -2.55. The first-order valence-electron chi connectivity index (χ1n) is 9.70. The summed E-state index contributed by atoms with van der Waals surface area (Å²) in [6.07, 6.45) is 0.996. The highest BCUT2D eigenvalue weighted by Gasteiger charge is 2.34. The summed E-state index contributed by atoms with van der Waals surface area (Å²) in [6.45, 7) is 5.37. The molecule has 1 N–H and O–H groups in total. The van der Waals surface area contributed by atoms with E-state index in [0.717, 1.165) is 30.1 Å². The van der Waals surface area contributed by atoms with Crippen LogP contribution >= 0.6 is 11.6 Å². The molecule has 4 heterocycles. The second-order valence-electron chi connectivity index (χ2n) is 7.41. The van der Waals surface area contributed by atoms with Crippen molar-refractivity contribution in [2.24, 2.45) is 0 Å². The minimum Gasteiger partial charge on any atom is -0.489 e. The fourth-order valence-corrected chi connectivity index (χ4v) is 4.17. The van der Waals surface area contributed by atoms with Crippen molar-refractivity contribution in [1.82, 2.24) is 15.0 Å². The molecule has 1 aromatic carbocycles. The van der Waals surface area contributed by atoms with Crippen molar-refractivity contribution in [3.05, 3.63) is 41.6 Å². The van der Waals surface area contributed by atoms with E-state index in [9.17, 15) is 5.11 Å². The maximum Gasteiger partial charge on any atom is 0.198 e. The minimum atomic E-state index is -0.747. The predicted molar refractivity (Wildman–Crippen MR) is 110 cm³/mol. The second-order valence-corrected chi connectivity index (χ2v) is 7.84. The SMILES string of the molecule is CC1COc2cc(Cl)ccc2N1C(O)N1CCN(c2noc3cccnc23)CC1. The lowest BCUT2D eigenvalue weighted by Crippen LogP contribution is -2.59. The Labute approximate surface area is 173 Å². The predicted octanol–water partition coefficient (Wildman–Crippen LogP) is 2.56. The van der Waals surface area contributed by atoms with Gasteiger partial charge in [0.1, 0.15) is 12.4 Å². The number of rotatable bonds is 3. The summed E-state index contributed by atoms with van der Waals surface area (Å²) in [5.74, 6) is 1.46. The average molecular weight is 416 g/mol. The van der Waals surface area contributed by atoms with Crippen molar-refractivity contribution in [2.75, 3.05) is 42.6 Å². The molecule has 0 radical (unpaired) electrons. The van der Waals surface area contributed by atoms with Crippen LogP contribution in [0.25, 0.3) is 11.1 Å². The van der Waals surface area contributed by atoms with E-state index in [1.165, 1.54) is 0 Å². The zero-order valence-corrected chi connectivity index (χ0v) is 16.8. The van der Waals surface area contributed by atoms with Gasteiger partial charge in [0, 0.05) is 43.5 Å². The molecular formula is C20H22ClN5O3. The molecule has 0 bridgehead atoms. The van der Waals surface area contributed by atoms with E-state index in [4.69, 9.17) is 20.9 Å². The quantitative estimate of drug-likeness (QED) is 0.699. The van der Waals surface area contributed by atoms with Crippen LogP contribution in [0.1, 0.15) is 6.92 Å². The van der Waals surface area contributed by atoms with Gasteiger partial charge in [-0.1, -0.05) is 16.8 Å².